The Morgan fingerprint density at radius 3 is 2.29 bits per heavy atom. The number of carbonyl (C=O) groups excluding carboxylic acids is 1. The van der Waals surface area contributed by atoms with E-state index in [1.165, 1.54) is 7.11 Å². The lowest BCUT2D eigenvalue weighted by Crippen LogP contribution is -2.43. The molecular formula is C13H25NO3. The van der Waals surface area contributed by atoms with E-state index in [4.69, 9.17) is 9.47 Å². The molecule has 0 radical (unpaired) electrons. The monoisotopic (exact) mass is 243 g/mol. The first kappa shape index (κ1) is 14.5. The van der Waals surface area contributed by atoms with Gasteiger partial charge in [0.2, 0.25) is 0 Å². The molecule has 17 heavy (non-hydrogen) atoms. The minimum atomic E-state index is -0.452. The summed E-state index contributed by atoms with van der Waals surface area (Å²) < 4.78 is 10.1. The van der Waals surface area contributed by atoms with Crippen LogP contribution < -0.4 is 5.32 Å². The number of esters is 1. The Labute approximate surface area is 104 Å². The van der Waals surface area contributed by atoms with Crippen LogP contribution in [0.1, 0.15) is 39.5 Å². The Bertz CT molecular complexity index is 245. The van der Waals surface area contributed by atoms with E-state index in [1.807, 2.05) is 13.8 Å². The van der Waals surface area contributed by atoms with Crippen LogP contribution >= 0.6 is 0 Å². The highest BCUT2D eigenvalue weighted by molar-refractivity contribution is 5.76. The summed E-state index contributed by atoms with van der Waals surface area (Å²) in [7, 11) is 3.21. The molecular weight excluding hydrogens is 218 g/mol. The number of rotatable bonds is 5. The molecule has 100 valence electrons. The van der Waals surface area contributed by atoms with Gasteiger partial charge >= 0.3 is 5.97 Å². The smallest absolute Gasteiger partial charge is 0.312 e. The Hall–Kier alpha value is -0.610. The summed E-state index contributed by atoms with van der Waals surface area (Å²) in [6.45, 7) is 4.49. The van der Waals surface area contributed by atoms with Crippen LogP contribution in [-0.2, 0) is 14.3 Å². The molecule has 0 aromatic carbocycles. The molecule has 0 aliphatic heterocycles. The van der Waals surface area contributed by atoms with E-state index in [0.717, 1.165) is 25.7 Å². The maximum absolute atomic E-state index is 11.5. The number of hydrogen-bond acceptors (Lipinski definition) is 4. The van der Waals surface area contributed by atoms with Crippen LogP contribution in [0.15, 0.2) is 0 Å². The van der Waals surface area contributed by atoms with Crippen molar-refractivity contribution in [1.82, 2.24) is 5.32 Å². The normalized spacial score (nSPS) is 25.6. The van der Waals surface area contributed by atoms with Crippen molar-refractivity contribution in [2.24, 2.45) is 5.41 Å². The average Bonchev–Trinajstić information content (AvgIpc) is 2.36. The average molecular weight is 243 g/mol. The number of nitrogens with one attached hydrogen (secondary N) is 1. The zero-order valence-electron chi connectivity index (χ0n) is 11.4. The van der Waals surface area contributed by atoms with Crippen molar-refractivity contribution in [1.29, 1.82) is 0 Å². The molecule has 1 saturated carbocycles. The van der Waals surface area contributed by atoms with Gasteiger partial charge in [0.1, 0.15) is 0 Å². The third-order valence-corrected chi connectivity index (χ3v) is 3.58. The molecule has 1 rings (SSSR count). The predicted molar refractivity (Wildman–Crippen MR) is 66.9 cm³/mol. The maximum Gasteiger partial charge on any atom is 0.312 e. The van der Waals surface area contributed by atoms with Gasteiger partial charge in [-0.15, -0.1) is 0 Å². The van der Waals surface area contributed by atoms with Crippen molar-refractivity contribution >= 4 is 5.97 Å². The molecule has 1 aliphatic rings. The standard InChI is InChI=1S/C13H25NO3/c1-13(2,12(15)17-4)9-14-10-5-7-11(16-3)8-6-10/h10-11,14H,5-9H2,1-4H3. The van der Waals surface area contributed by atoms with Gasteiger partial charge in [0.05, 0.1) is 18.6 Å². The van der Waals surface area contributed by atoms with Gasteiger partial charge in [-0.1, -0.05) is 0 Å². The van der Waals surface area contributed by atoms with E-state index in [-0.39, 0.29) is 5.97 Å². The minimum Gasteiger partial charge on any atom is -0.469 e. The second kappa shape index (κ2) is 6.36. The van der Waals surface area contributed by atoms with E-state index in [1.54, 1.807) is 7.11 Å². The Kier molecular flexibility index (Phi) is 5.40. The molecule has 1 aliphatic carbocycles. The first-order valence-corrected chi connectivity index (χ1v) is 6.34. The summed E-state index contributed by atoms with van der Waals surface area (Å²) >= 11 is 0. The summed E-state index contributed by atoms with van der Waals surface area (Å²) in [6, 6.07) is 0.505. The van der Waals surface area contributed by atoms with Gasteiger partial charge in [-0.25, -0.2) is 0 Å². The quantitative estimate of drug-likeness (QED) is 0.747. The lowest BCUT2D eigenvalue weighted by molar-refractivity contribution is -0.150. The summed E-state index contributed by atoms with van der Waals surface area (Å²) in [6.07, 6.45) is 4.87. The zero-order chi connectivity index (χ0) is 12.9. The van der Waals surface area contributed by atoms with Gasteiger partial charge in [0.15, 0.2) is 0 Å². The predicted octanol–water partition coefficient (Wildman–Crippen LogP) is 1.73. The highest BCUT2D eigenvalue weighted by Crippen LogP contribution is 2.22. The highest BCUT2D eigenvalue weighted by atomic mass is 16.5. The second-order valence-electron chi connectivity index (χ2n) is 5.47. The van der Waals surface area contributed by atoms with Gasteiger partial charge in [-0.2, -0.15) is 0 Å². The largest absolute Gasteiger partial charge is 0.469 e. The number of methoxy groups -OCH3 is 2. The fourth-order valence-electron chi connectivity index (χ4n) is 2.25. The van der Waals surface area contributed by atoms with E-state index in [9.17, 15) is 4.79 Å². The zero-order valence-corrected chi connectivity index (χ0v) is 11.4. The third kappa shape index (κ3) is 4.28. The third-order valence-electron chi connectivity index (χ3n) is 3.58. The van der Waals surface area contributed by atoms with Crippen molar-refractivity contribution in [2.75, 3.05) is 20.8 Å². The van der Waals surface area contributed by atoms with Crippen LogP contribution in [0.2, 0.25) is 0 Å². The van der Waals surface area contributed by atoms with Crippen LogP contribution in [0.25, 0.3) is 0 Å². The lowest BCUT2D eigenvalue weighted by atomic mass is 9.90. The van der Waals surface area contributed by atoms with E-state index >= 15 is 0 Å². The van der Waals surface area contributed by atoms with Gasteiger partial charge in [0, 0.05) is 19.7 Å². The molecule has 0 spiro atoms. The minimum absolute atomic E-state index is 0.157. The van der Waals surface area contributed by atoms with E-state index < -0.39 is 5.41 Å². The number of ether oxygens (including phenoxy) is 2. The molecule has 0 saturated heterocycles. The molecule has 4 heteroatoms. The summed E-state index contributed by atoms with van der Waals surface area (Å²) in [4.78, 5) is 11.5. The van der Waals surface area contributed by atoms with Crippen LogP contribution in [0.5, 0.6) is 0 Å². The second-order valence-corrected chi connectivity index (χ2v) is 5.47. The molecule has 1 fully saturated rings. The summed E-state index contributed by atoms with van der Waals surface area (Å²) in [5, 5.41) is 3.47. The highest BCUT2D eigenvalue weighted by Gasteiger charge is 2.30. The van der Waals surface area contributed by atoms with E-state index in [0.29, 0.717) is 18.7 Å². The van der Waals surface area contributed by atoms with E-state index in [2.05, 4.69) is 5.32 Å². The lowest BCUT2D eigenvalue weighted by Gasteiger charge is -2.31. The van der Waals surface area contributed by atoms with Crippen molar-refractivity contribution in [3.8, 4) is 0 Å². The van der Waals surface area contributed by atoms with Crippen molar-refractivity contribution < 1.29 is 14.3 Å². The van der Waals surface area contributed by atoms with Crippen molar-refractivity contribution in [2.45, 2.75) is 51.7 Å². The molecule has 0 amide bonds. The Morgan fingerprint density at radius 2 is 1.82 bits per heavy atom. The molecule has 0 atom stereocenters. The number of carbonyl (C=O) groups is 1. The summed E-state index contributed by atoms with van der Waals surface area (Å²) in [5.41, 5.74) is -0.452. The molecule has 1 N–H and O–H groups in total. The van der Waals surface area contributed by atoms with Crippen LogP contribution in [0.3, 0.4) is 0 Å². The Morgan fingerprint density at radius 1 is 1.24 bits per heavy atom. The van der Waals surface area contributed by atoms with Crippen LogP contribution in [-0.4, -0.2) is 38.9 Å². The van der Waals surface area contributed by atoms with Crippen LogP contribution in [0, 0.1) is 5.41 Å². The van der Waals surface area contributed by atoms with Crippen molar-refractivity contribution in [3.63, 3.8) is 0 Å². The van der Waals surface area contributed by atoms with Crippen LogP contribution in [0.4, 0.5) is 0 Å². The molecule has 0 aromatic heterocycles. The molecule has 4 nitrogen and oxygen atoms in total. The topological polar surface area (TPSA) is 47.6 Å². The van der Waals surface area contributed by atoms with Gasteiger partial charge in [-0.3, -0.25) is 4.79 Å². The Balaban J connectivity index is 2.30. The van der Waals surface area contributed by atoms with Gasteiger partial charge < -0.3 is 14.8 Å². The molecule has 0 heterocycles. The summed E-state index contributed by atoms with van der Waals surface area (Å²) in [5.74, 6) is -0.157. The first-order valence-electron chi connectivity index (χ1n) is 6.34. The fraction of sp³-hybridized carbons (Fsp3) is 0.923. The molecule has 0 aromatic rings. The van der Waals surface area contributed by atoms with Crippen molar-refractivity contribution in [3.05, 3.63) is 0 Å². The van der Waals surface area contributed by atoms with Gasteiger partial charge in [-0.05, 0) is 39.5 Å². The molecule has 0 unspecified atom stereocenters. The SMILES string of the molecule is COC(=O)C(C)(C)CNC1CCC(OC)CC1. The first-order chi connectivity index (χ1) is 7.99. The molecule has 0 bridgehead atoms. The van der Waals surface area contributed by atoms with Gasteiger partial charge in [0.25, 0.3) is 0 Å². The fourth-order valence-corrected chi connectivity index (χ4v) is 2.25. The number of hydrogen-bond donors (Lipinski definition) is 1. The maximum atomic E-state index is 11.5.